The van der Waals surface area contributed by atoms with Gasteiger partial charge in [-0.1, -0.05) is 36.4 Å². The van der Waals surface area contributed by atoms with E-state index in [1.165, 1.54) is 0 Å². The van der Waals surface area contributed by atoms with Gasteiger partial charge in [-0.3, -0.25) is 9.59 Å². The van der Waals surface area contributed by atoms with Gasteiger partial charge in [-0.25, -0.2) is 4.98 Å². The molecule has 0 unspecified atom stereocenters. The largest absolute Gasteiger partial charge is 0.493 e. The van der Waals surface area contributed by atoms with Crippen molar-refractivity contribution in [2.45, 2.75) is 13.0 Å². The van der Waals surface area contributed by atoms with Crippen LogP contribution in [0.25, 0.3) is 10.9 Å². The minimum atomic E-state index is -0.282. The van der Waals surface area contributed by atoms with E-state index in [0.29, 0.717) is 29.3 Å². The van der Waals surface area contributed by atoms with E-state index in [4.69, 9.17) is 9.47 Å². The summed E-state index contributed by atoms with van der Waals surface area (Å²) in [6.45, 7) is 1.62. The predicted octanol–water partition coefficient (Wildman–Crippen LogP) is 4.30. The lowest BCUT2D eigenvalue weighted by atomic mass is 10.1. The molecular weight excluding hydrogens is 480 g/mol. The fourth-order valence-electron chi connectivity index (χ4n) is 3.85. The molecule has 0 saturated heterocycles. The van der Waals surface area contributed by atoms with Crippen molar-refractivity contribution in [1.82, 2.24) is 15.2 Å². The molecule has 4 rings (SSSR count). The molecule has 0 aliphatic rings. The molecule has 0 bridgehead atoms. The molecule has 3 aromatic carbocycles. The van der Waals surface area contributed by atoms with Crippen LogP contribution in [0.5, 0.6) is 11.5 Å². The van der Waals surface area contributed by atoms with Gasteiger partial charge < -0.3 is 25.0 Å². The maximum Gasteiger partial charge on any atom is 0.255 e. The highest BCUT2D eigenvalue weighted by Crippen LogP contribution is 2.29. The van der Waals surface area contributed by atoms with E-state index in [0.717, 1.165) is 28.7 Å². The normalized spacial score (nSPS) is 10.8. The number of fused-ring (bicyclic) bond motifs is 1. The number of anilines is 1. The Kier molecular flexibility index (Phi) is 8.89. The summed E-state index contributed by atoms with van der Waals surface area (Å²) in [4.78, 5) is 31.7. The Morgan fingerprint density at radius 2 is 1.71 bits per heavy atom. The number of nitrogens with one attached hydrogen (secondary N) is 2. The van der Waals surface area contributed by atoms with Gasteiger partial charge in [-0.05, 0) is 62.1 Å². The number of para-hydroxylation sites is 1. The summed E-state index contributed by atoms with van der Waals surface area (Å²) >= 11 is 0. The monoisotopic (exact) mass is 512 g/mol. The molecule has 0 radical (unpaired) electrons. The van der Waals surface area contributed by atoms with Crippen LogP contribution in [-0.2, 0) is 17.8 Å². The highest BCUT2D eigenvalue weighted by molar-refractivity contribution is 6.04. The SMILES string of the molecule is COc1ccc(C(=O)Nc2ccc(CC(=O)NCCN(C)C)cc2)cc1OCc1ccc2ccccc2n1. The number of pyridine rings is 1. The van der Waals surface area contributed by atoms with Crippen molar-refractivity contribution >= 4 is 28.4 Å². The van der Waals surface area contributed by atoms with Crippen LogP contribution >= 0.6 is 0 Å². The number of carbonyl (C=O) groups excluding carboxylic acids is 2. The Morgan fingerprint density at radius 3 is 2.47 bits per heavy atom. The van der Waals surface area contributed by atoms with E-state index in [1.54, 1.807) is 37.4 Å². The van der Waals surface area contributed by atoms with Gasteiger partial charge >= 0.3 is 0 Å². The van der Waals surface area contributed by atoms with Crippen molar-refractivity contribution in [2.75, 3.05) is 39.6 Å². The molecule has 2 N–H and O–H groups in total. The van der Waals surface area contributed by atoms with Gasteiger partial charge in [-0.15, -0.1) is 0 Å². The Hall–Kier alpha value is -4.43. The number of amides is 2. The van der Waals surface area contributed by atoms with Crippen LogP contribution in [-0.4, -0.2) is 56.0 Å². The summed E-state index contributed by atoms with van der Waals surface area (Å²) in [6.07, 6.45) is 0.285. The smallest absolute Gasteiger partial charge is 0.255 e. The summed E-state index contributed by atoms with van der Waals surface area (Å²) in [5.41, 5.74) is 3.59. The van der Waals surface area contributed by atoms with Crippen LogP contribution in [0.4, 0.5) is 5.69 Å². The third-order valence-corrected chi connectivity index (χ3v) is 5.92. The molecule has 38 heavy (non-hydrogen) atoms. The van der Waals surface area contributed by atoms with Gasteiger partial charge in [-0.2, -0.15) is 0 Å². The summed E-state index contributed by atoms with van der Waals surface area (Å²) in [5.74, 6) is 0.657. The number of methoxy groups -OCH3 is 1. The number of nitrogens with zero attached hydrogens (tertiary/aromatic N) is 2. The molecule has 4 aromatic rings. The number of ether oxygens (including phenoxy) is 2. The quantitative estimate of drug-likeness (QED) is 0.311. The first-order chi connectivity index (χ1) is 18.4. The standard InChI is InChI=1S/C30H32N4O4/c1-34(2)17-16-31-29(35)18-21-8-12-24(13-9-21)33-30(36)23-11-15-27(37-3)28(19-23)38-20-25-14-10-22-6-4-5-7-26(22)32-25/h4-15,19H,16-18,20H2,1-3H3,(H,31,35)(H,33,36). The van der Waals surface area contributed by atoms with Crippen LogP contribution in [0, 0.1) is 0 Å². The average molecular weight is 513 g/mol. The second-order valence-corrected chi connectivity index (χ2v) is 9.13. The van der Waals surface area contributed by atoms with Gasteiger partial charge in [0.25, 0.3) is 5.91 Å². The minimum Gasteiger partial charge on any atom is -0.493 e. The fourth-order valence-corrected chi connectivity index (χ4v) is 3.85. The van der Waals surface area contributed by atoms with Crippen molar-refractivity contribution in [2.24, 2.45) is 0 Å². The molecule has 1 heterocycles. The first-order valence-corrected chi connectivity index (χ1v) is 12.4. The predicted molar refractivity (Wildman–Crippen MR) is 149 cm³/mol. The zero-order chi connectivity index (χ0) is 26.9. The number of hydrogen-bond acceptors (Lipinski definition) is 6. The molecule has 0 aliphatic carbocycles. The van der Waals surface area contributed by atoms with E-state index in [1.807, 2.05) is 67.5 Å². The number of hydrogen-bond donors (Lipinski definition) is 2. The number of benzene rings is 3. The van der Waals surface area contributed by atoms with E-state index in [-0.39, 0.29) is 24.8 Å². The summed E-state index contributed by atoms with van der Waals surface area (Å²) in [6, 6.07) is 24.1. The van der Waals surface area contributed by atoms with Crippen molar-refractivity contribution < 1.29 is 19.1 Å². The van der Waals surface area contributed by atoms with Crippen molar-refractivity contribution in [3.05, 3.63) is 95.7 Å². The number of carbonyl (C=O) groups is 2. The highest BCUT2D eigenvalue weighted by atomic mass is 16.5. The molecule has 0 spiro atoms. The van der Waals surface area contributed by atoms with E-state index in [2.05, 4.69) is 15.6 Å². The lowest BCUT2D eigenvalue weighted by molar-refractivity contribution is -0.120. The molecule has 0 saturated carbocycles. The van der Waals surface area contributed by atoms with Crippen molar-refractivity contribution in [3.63, 3.8) is 0 Å². The number of aromatic nitrogens is 1. The van der Waals surface area contributed by atoms with Crippen LogP contribution < -0.4 is 20.1 Å². The molecule has 8 heteroatoms. The van der Waals surface area contributed by atoms with Crippen molar-refractivity contribution in [3.8, 4) is 11.5 Å². The van der Waals surface area contributed by atoms with Gasteiger partial charge in [0.1, 0.15) is 6.61 Å². The summed E-state index contributed by atoms with van der Waals surface area (Å²) in [5, 5.41) is 6.85. The molecule has 1 aromatic heterocycles. The Bertz CT molecular complexity index is 1400. The van der Waals surface area contributed by atoms with Crippen LogP contribution in [0.15, 0.2) is 78.9 Å². The Balaban J connectivity index is 1.37. The van der Waals surface area contributed by atoms with Gasteiger partial charge in [0.05, 0.1) is 24.7 Å². The van der Waals surface area contributed by atoms with Gasteiger partial charge in [0.2, 0.25) is 5.91 Å². The summed E-state index contributed by atoms with van der Waals surface area (Å²) < 4.78 is 11.4. The third kappa shape index (κ3) is 7.30. The molecule has 0 atom stereocenters. The maximum atomic E-state index is 12.9. The topological polar surface area (TPSA) is 92.8 Å². The zero-order valence-corrected chi connectivity index (χ0v) is 21.9. The lowest BCUT2D eigenvalue weighted by Gasteiger charge is -2.13. The number of likely N-dealkylation sites (N-methyl/N-ethyl adjacent to an activating group) is 1. The molecule has 0 aliphatic heterocycles. The minimum absolute atomic E-state index is 0.0340. The molecule has 0 fully saturated rings. The molecule has 2 amide bonds. The molecular formula is C30H32N4O4. The zero-order valence-electron chi connectivity index (χ0n) is 21.9. The van der Waals surface area contributed by atoms with Gasteiger partial charge in [0.15, 0.2) is 11.5 Å². The first kappa shape index (κ1) is 26.6. The van der Waals surface area contributed by atoms with Crippen LogP contribution in [0.1, 0.15) is 21.6 Å². The highest BCUT2D eigenvalue weighted by Gasteiger charge is 2.13. The van der Waals surface area contributed by atoms with E-state index < -0.39 is 0 Å². The lowest BCUT2D eigenvalue weighted by Crippen LogP contribution is -2.32. The number of rotatable bonds is 11. The van der Waals surface area contributed by atoms with Gasteiger partial charge in [0, 0.05) is 29.7 Å². The second kappa shape index (κ2) is 12.7. The molecule has 8 nitrogen and oxygen atoms in total. The van der Waals surface area contributed by atoms with E-state index >= 15 is 0 Å². The van der Waals surface area contributed by atoms with Crippen LogP contribution in [0.3, 0.4) is 0 Å². The molecule has 196 valence electrons. The third-order valence-electron chi connectivity index (χ3n) is 5.92. The fraction of sp³-hybridized carbons (Fsp3) is 0.233. The van der Waals surface area contributed by atoms with Crippen molar-refractivity contribution in [1.29, 1.82) is 0 Å². The maximum absolute atomic E-state index is 12.9. The average Bonchev–Trinajstić information content (AvgIpc) is 2.92. The van der Waals surface area contributed by atoms with Crippen LogP contribution in [0.2, 0.25) is 0 Å². The Labute approximate surface area is 222 Å². The first-order valence-electron chi connectivity index (χ1n) is 12.4. The second-order valence-electron chi connectivity index (χ2n) is 9.13. The van der Waals surface area contributed by atoms with E-state index in [9.17, 15) is 9.59 Å². The Morgan fingerprint density at radius 1 is 0.921 bits per heavy atom. The summed E-state index contributed by atoms with van der Waals surface area (Å²) in [7, 11) is 5.48.